The molecule has 2 unspecified atom stereocenters. The number of nitrogens with zero attached hydrogens (tertiary/aromatic N) is 2. The zero-order valence-electron chi connectivity index (χ0n) is 12.3. The molecule has 110 valence electrons. The number of nitrogen functional groups attached to an aromatic ring is 1. The zero-order valence-corrected chi connectivity index (χ0v) is 12.3. The van der Waals surface area contributed by atoms with E-state index in [1.54, 1.807) is 0 Å². The van der Waals surface area contributed by atoms with Crippen LogP contribution in [0.15, 0.2) is 24.3 Å². The fourth-order valence-electron chi connectivity index (χ4n) is 3.18. The van der Waals surface area contributed by atoms with Crippen molar-refractivity contribution in [1.82, 2.24) is 4.90 Å². The van der Waals surface area contributed by atoms with Gasteiger partial charge in [0.2, 0.25) is 0 Å². The molecule has 2 saturated heterocycles. The van der Waals surface area contributed by atoms with Gasteiger partial charge in [0.25, 0.3) is 0 Å². The van der Waals surface area contributed by atoms with Crippen molar-refractivity contribution < 1.29 is 4.74 Å². The molecule has 0 aliphatic carbocycles. The van der Waals surface area contributed by atoms with Crippen molar-refractivity contribution in [2.75, 3.05) is 43.4 Å². The van der Waals surface area contributed by atoms with Gasteiger partial charge in [-0.05, 0) is 44.0 Å². The molecule has 2 atom stereocenters. The minimum absolute atomic E-state index is 0.452. The van der Waals surface area contributed by atoms with Crippen molar-refractivity contribution in [3.05, 3.63) is 24.3 Å². The standard InChI is InChI=1S/C16H25N3O/c1-13-2-7-16(20-13)12-18-8-10-19(11-9-18)15-5-3-14(17)4-6-15/h3-6,13,16H,2,7-12,17H2,1H3. The summed E-state index contributed by atoms with van der Waals surface area (Å²) in [5.41, 5.74) is 7.86. The average molecular weight is 275 g/mol. The molecule has 2 heterocycles. The van der Waals surface area contributed by atoms with E-state index in [4.69, 9.17) is 10.5 Å². The summed E-state index contributed by atoms with van der Waals surface area (Å²) < 4.78 is 5.92. The number of benzene rings is 1. The molecule has 20 heavy (non-hydrogen) atoms. The maximum absolute atomic E-state index is 5.92. The lowest BCUT2D eigenvalue weighted by Crippen LogP contribution is -2.48. The Kier molecular flexibility index (Phi) is 4.13. The highest BCUT2D eigenvalue weighted by Gasteiger charge is 2.25. The highest BCUT2D eigenvalue weighted by Crippen LogP contribution is 2.22. The first kappa shape index (κ1) is 13.7. The van der Waals surface area contributed by atoms with Crippen molar-refractivity contribution in [3.63, 3.8) is 0 Å². The molecule has 0 saturated carbocycles. The summed E-state index contributed by atoms with van der Waals surface area (Å²) in [5.74, 6) is 0. The lowest BCUT2D eigenvalue weighted by molar-refractivity contribution is 0.0304. The first-order chi connectivity index (χ1) is 9.70. The van der Waals surface area contributed by atoms with Crippen molar-refractivity contribution >= 4 is 11.4 Å². The minimum atomic E-state index is 0.452. The van der Waals surface area contributed by atoms with Gasteiger partial charge < -0.3 is 15.4 Å². The molecule has 2 N–H and O–H groups in total. The van der Waals surface area contributed by atoms with Gasteiger partial charge in [-0.3, -0.25) is 4.90 Å². The molecule has 0 bridgehead atoms. The first-order valence-electron chi connectivity index (χ1n) is 7.69. The Hall–Kier alpha value is -1.26. The number of anilines is 2. The quantitative estimate of drug-likeness (QED) is 0.856. The monoisotopic (exact) mass is 275 g/mol. The lowest BCUT2D eigenvalue weighted by atomic mass is 10.2. The zero-order chi connectivity index (χ0) is 13.9. The third-order valence-corrected chi connectivity index (χ3v) is 4.41. The van der Waals surface area contributed by atoms with E-state index in [1.165, 1.54) is 18.5 Å². The molecule has 4 heteroatoms. The van der Waals surface area contributed by atoms with Crippen molar-refractivity contribution in [3.8, 4) is 0 Å². The van der Waals surface area contributed by atoms with E-state index < -0.39 is 0 Å². The summed E-state index contributed by atoms with van der Waals surface area (Å²) in [4.78, 5) is 4.98. The second kappa shape index (κ2) is 6.02. The number of nitrogens with two attached hydrogens (primary N) is 1. The van der Waals surface area contributed by atoms with Gasteiger partial charge in [0.1, 0.15) is 0 Å². The van der Waals surface area contributed by atoms with Gasteiger partial charge in [0.15, 0.2) is 0 Å². The van der Waals surface area contributed by atoms with Crippen LogP contribution in [-0.2, 0) is 4.74 Å². The second-order valence-corrected chi connectivity index (χ2v) is 6.03. The number of ether oxygens (including phenoxy) is 1. The van der Waals surface area contributed by atoms with Gasteiger partial charge in [-0.2, -0.15) is 0 Å². The lowest BCUT2D eigenvalue weighted by Gasteiger charge is -2.37. The molecule has 0 spiro atoms. The van der Waals surface area contributed by atoms with Gasteiger partial charge in [-0.1, -0.05) is 0 Å². The molecule has 3 rings (SSSR count). The molecule has 0 amide bonds. The summed E-state index contributed by atoms with van der Waals surface area (Å²) in [6, 6.07) is 8.20. The number of piperazine rings is 1. The van der Waals surface area contributed by atoms with Gasteiger partial charge >= 0.3 is 0 Å². The van der Waals surface area contributed by atoms with Gasteiger partial charge in [0, 0.05) is 44.1 Å². The Morgan fingerprint density at radius 3 is 2.40 bits per heavy atom. The maximum Gasteiger partial charge on any atom is 0.0706 e. The topological polar surface area (TPSA) is 41.7 Å². The normalized spacial score (nSPS) is 27.9. The molecular weight excluding hydrogens is 250 g/mol. The van der Waals surface area contributed by atoms with Crippen molar-refractivity contribution in [1.29, 1.82) is 0 Å². The van der Waals surface area contributed by atoms with Crippen LogP contribution in [-0.4, -0.2) is 49.8 Å². The number of rotatable bonds is 3. The fourth-order valence-corrected chi connectivity index (χ4v) is 3.18. The van der Waals surface area contributed by atoms with Crippen LogP contribution in [0.4, 0.5) is 11.4 Å². The van der Waals surface area contributed by atoms with Gasteiger partial charge in [0.05, 0.1) is 12.2 Å². The Morgan fingerprint density at radius 1 is 1.10 bits per heavy atom. The first-order valence-corrected chi connectivity index (χ1v) is 7.69. The predicted molar refractivity (Wildman–Crippen MR) is 83.1 cm³/mol. The largest absolute Gasteiger partial charge is 0.399 e. The smallest absolute Gasteiger partial charge is 0.0706 e. The molecule has 2 aliphatic heterocycles. The maximum atomic E-state index is 5.92. The van der Waals surface area contributed by atoms with Crippen LogP contribution in [0.5, 0.6) is 0 Å². The summed E-state index contributed by atoms with van der Waals surface area (Å²) in [6.07, 6.45) is 3.35. The molecule has 2 fully saturated rings. The molecule has 0 aromatic heterocycles. The minimum Gasteiger partial charge on any atom is -0.399 e. The molecule has 1 aromatic rings. The van der Waals surface area contributed by atoms with Crippen molar-refractivity contribution in [2.24, 2.45) is 0 Å². The van der Waals surface area contributed by atoms with E-state index in [0.717, 1.165) is 38.4 Å². The van der Waals surface area contributed by atoms with Crippen LogP contribution in [0.25, 0.3) is 0 Å². The van der Waals surface area contributed by atoms with Crippen LogP contribution in [0.2, 0.25) is 0 Å². The summed E-state index contributed by atoms with van der Waals surface area (Å²) in [7, 11) is 0. The predicted octanol–water partition coefficient (Wildman–Crippen LogP) is 1.96. The van der Waals surface area contributed by atoms with Crippen LogP contribution in [0, 0.1) is 0 Å². The van der Waals surface area contributed by atoms with E-state index in [0.29, 0.717) is 12.2 Å². The van der Waals surface area contributed by atoms with Crippen LogP contribution < -0.4 is 10.6 Å². The Morgan fingerprint density at radius 2 is 1.80 bits per heavy atom. The third kappa shape index (κ3) is 3.25. The highest BCUT2D eigenvalue weighted by atomic mass is 16.5. The second-order valence-electron chi connectivity index (χ2n) is 6.03. The van der Waals surface area contributed by atoms with E-state index >= 15 is 0 Å². The molecular formula is C16H25N3O. The molecule has 4 nitrogen and oxygen atoms in total. The average Bonchev–Trinajstić information content (AvgIpc) is 2.86. The van der Waals surface area contributed by atoms with E-state index in [1.807, 2.05) is 12.1 Å². The molecule has 2 aliphatic rings. The Bertz CT molecular complexity index is 426. The van der Waals surface area contributed by atoms with E-state index in [9.17, 15) is 0 Å². The summed E-state index contributed by atoms with van der Waals surface area (Å²) in [6.45, 7) is 7.70. The summed E-state index contributed by atoms with van der Waals surface area (Å²) >= 11 is 0. The summed E-state index contributed by atoms with van der Waals surface area (Å²) in [5, 5.41) is 0. The SMILES string of the molecule is CC1CCC(CN2CCN(c3ccc(N)cc3)CC2)O1. The van der Waals surface area contributed by atoms with E-state index in [2.05, 4.69) is 28.9 Å². The van der Waals surface area contributed by atoms with Crippen LogP contribution >= 0.6 is 0 Å². The third-order valence-electron chi connectivity index (χ3n) is 4.41. The highest BCUT2D eigenvalue weighted by molar-refractivity contribution is 5.53. The van der Waals surface area contributed by atoms with E-state index in [-0.39, 0.29) is 0 Å². The van der Waals surface area contributed by atoms with Gasteiger partial charge in [-0.15, -0.1) is 0 Å². The number of hydrogen-bond acceptors (Lipinski definition) is 4. The van der Waals surface area contributed by atoms with Crippen LogP contribution in [0.3, 0.4) is 0 Å². The Labute approximate surface area is 121 Å². The molecule has 1 aromatic carbocycles. The van der Waals surface area contributed by atoms with Crippen molar-refractivity contribution in [2.45, 2.75) is 32.0 Å². The van der Waals surface area contributed by atoms with Crippen LogP contribution in [0.1, 0.15) is 19.8 Å². The Balaban J connectivity index is 1.48. The molecule has 0 radical (unpaired) electrons. The van der Waals surface area contributed by atoms with Gasteiger partial charge in [-0.25, -0.2) is 0 Å². The number of hydrogen-bond donors (Lipinski definition) is 1. The fraction of sp³-hybridized carbons (Fsp3) is 0.625.